The van der Waals surface area contributed by atoms with Crippen molar-refractivity contribution in [3.05, 3.63) is 12.1 Å². The van der Waals surface area contributed by atoms with Gasteiger partial charge >= 0.3 is 0 Å². The van der Waals surface area contributed by atoms with Gasteiger partial charge in [-0.15, -0.1) is 10.2 Å². The molecular formula is C14H22N4O3. The number of piperidine rings is 1. The number of carbonyl (C=O) groups excluding carboxylic acids is 1. The first-order valence-electron chi connectivity index (χ1n) is 7.04. The molecule has 1 fully saturated rings. The molecule has 0 N–H and O–H groups in total. The maximum atomic E-state index is 11.8. The molecule has 116 valence electrons. The molecule has 1 aromatic heterocycles. The molecule has 1 aromatic rings. The minimum Gasteiger partial charge on any atom is -0.471 e. The van der Waals surface area contributed by atoms with E-state index in [2.05, 4.69) is 10.2 Å². The van der Waals surface area contributed by atoms with E-state index in [0.717, 1.165) is 25.2 Å². The number of amides is 1. The van der Waals surface area contributed by atoms with Crippen molar-refractivity contribution >= 4 is 11.7 Å². The molecule has 0 bridgehead atoms. The van der Waals surface area contributed by atoms with Gasteiger partial charge in [-0.2, -0.15) is 0 Å². The summed E-state index contributed by atoms with van der Waals surface area (Å²) in [6.07, 6.45) is 1.79. The molecule has 1 amide bonds. The Morgan fingerprint density at radius 2 is 2.24 bits per heavy atom. The van der Waals surface area contributed by atoms with E-state index in [4.69, 9.17) is 9.47 Å². The summed E-state index contributed by atoms with van der Waals surface area (Å²) in [5.41, 5.74) is 0. The minimum absolute atomic E-state index is 0.000148. The number of rotatable bonds is 5. The molecule has 1 atom stereocenters. The van der Waals surface area contributed by atoms with Gasteiger partial charge in [-0.3, -0.25) is 4.79 Å². The van der Waals surface area contributed by atoms with Crippen LogP contribution >= 0.6 is 0 Å². The maximum absolute atomic E-state index is 11.8. The third-order valence-electron chi connectivity index (χ3n) is 3.37. The van der Waals surface area contributed by atoms with Gasteiger partial charge in [-0.25, -0.2) is 0 Å². The molecule has 7 nitrogen and oxygen atoms in total. The highest BCUT2D eigenvalue weighted by molar-refractivity contribution is 5.77. The second-order valence-corrected chi connectivity index (χ2v) is 5.28. The van der Waals surface area contributed by atoms with Crippen molar-refractivity contribution in [2.24, 2.45) is 0 Å². The monoisotopic (exact) mass is 294 g/mol. The second kappa shape index (κ2) is 7.21. The van der Waals surface area contributed by atoms with E-state index in [9.17, 15) is 4.79 Å². The van der Waals surface area contributed by atoms with Gasteiger partial charge in [-0.1, -0.05) is 0 Å². The van der Waals surface area contributed by atoms with Crippen molar-refractivity contribution in [2.75, 3.05) is 45.8 Å². The van der Waals surface area contributed by atoms with Crippen LogP contribution in [0.15, 0.2) is 12.1 Å². The smallest absolute Gasteiger partial charge is 0.248 e. The summed E-state index contributed by atoms with van der Waals surface area (Å²) in [6.45, 7) is 1.44. The van der Waals surface area contributed by atoms with Crippen molar-refractivity contribution in [1.82, 2.24) is 15.1 Å². The fourth-order valence-electron chi connectivity index (χ4n) is 2.26. The first-order valence-corrected chi connectivity index (χ1v) is 7.04. The third-order valence-corrected chi connectivity index (χ3v) is 3.37. The standard InChI is InChI=1S/C14H22N4O3/c1-17(2)12-6-7-13(16-15-12)21-11-5-4-8-18(9-11)14(19)10-20-3/h6-7,11H,4-5,8-10H2,1-3H3. The van der Waals surface area contributed by atoms with Crippen molar-refractivity contribution in [1.29, 1.82) is 0 Å². The molecule has 0 saturated carbocycles. The lowest BCUT2D eigenvalue weighted by atomic mass is 10.1. The molecule has 2 heterocycles. The summed E-state index contributed by atoms with van der Waals surface area (Å²) in [6, 6.07) is 3.66. The van der Waals surface area contributed by atoms with Crippen molar-refractivity contribution in [3.8, 4) is 5.88 Å². The Kier molecular flexibility index (Phi) is 5.32. The van der Waals surface area contributed by atoms with Crippen LogP contribution in [-0.2, 0) is 9.53 Å². The molecule has 1 unspecified atom stereocenters. The van der Waals surface area contributed by atoms with Crippen molar-refractivity contribution in [2.45, 2.75) is 18.9 Å². The van der Waals surface area contributed by atoms with Crippen LogP contribution in [0, 0.1) is 0 Å². The number of methoxy groups -OCH3 is 1. The Hall–Kier alpha value is -1.89. The topological polar surface area (TPSA) is 67.8 Å². The second-order valence-electron chi connectivity index (χ2n) is 5.28. The lowest BCUT2D eigenvalue weighted by molar-refractivity contribution is -0.137. The lowest BCUT2D eigenvalue weighted by Gasteiger charge is -2.32. The number of carbonyl (C=O) groups is 1. The quantitative estimate of drug-likeness (QED) is 0.790. The first kappa shape index (κ1) is 15.5. The van der Waals surface area contributed by atoms with Crippen LogP contribution in [0.2, 0.25) is 0 Å². The molecule has 0 aliphatic carbocycles. The minimum atomic E-state index is -0.0425. The zero-order valence-corrected chi connectivity index (χ0v) is 12.8. The summed E-state index contributed by atoms with van der Waals surface area (Å²) in [5, 5.41) is 8.14. The van der Waals surface area contributed by atoms with E-state index in [1.54, 1.807) is 11.0 Å². The van der Waals surface area contributed by atoms with Crippen molar-refractivity contribution < 1.29 is 14.3 Å². The molecule has 1 saturated heterocycles. The highest BCUT2D eigenvalue weighted by Crippen LogP contribution is 2.17. The number of nitrogens with zero attached hydrogens (tertiary/aromatic N) is 4. The van der Waals surface area contributed by atoms with Gasteiger partial charge < -0.3 is 19.3 Å². The predicted octanol–water partition coefficient (Wildman–Crippen LogP) is 0.559. The highest BCUT2D eigenvalue weighted by atomic mass is 16.5. The van der Waals surface area contributed by atoms with Gasteiger partial charge in [0.1, 0.15) is 12.7 Å². The zero-order valence-electron chi connectivity index (χ0n) is 12.8. The van der Waals surface area contributed by atoms with Crippen LogP contribution in [0.5, 0.6) is 5.88 Å². The summed E-state index contributed by atoms with van der Waals surface area (Å²) in [4.78, 5) is 15.5. The number of ether oxygens (including phenoxy) is 2. The molecule has 1 aliphatic rings. The van der Waals surface area contributed by atoms with E-state index in [1.807, 2.05) is 25.1 Å². The average molecular weight is 294 g/mol. The molecule has 2 rings (SSSR count). The Bertz CT molecular complexity index is 464. The number of anilines is 1. The van der Waals surface area contributed by atoms with Crippen molar-refractivity contribution in [3.63, 3.8) is 0 Å². The van der Waals surface area contributed by atoms with E-state index in [1.165, 1.54) is 7.11 Å². The largest absolute Gasteiger partial charge is 0.471 e. The number of likely N-dealkylation sites (tertiary alicyclic amines) is 1. The highest BCUT2D eigenvalue weighted by Gasteiger charge is 2.25. The predicted molar refractivity (Wildman–Crippen MR) is 78.5 cm³/mol. The Morgan fingerprint density at radius 3 is 2.86 bits per heavy atom. The molecular weight excluding hydrogens is 272 g/mol. The zero-order chi connectivity index (χ0) is 15.2. The molecule has 0 radical (unpaired) electrons. The van der Waals surface area contributed by atoms with Crippen LogP contribution in [-0.4, -0.2) is 68.0 Å². The van der Waals surface area contributed by atoms with E-state index >= 15 is 0 Å². The van der Waals surface area contributed by atoms with Gasteiger partial charge in [-0.05, 0) is 18.9 Å². The van der Waals surface area contributed by atoms with Gasteiger partial charge in [0, 0.05) is 33.8 Å². The SMILES string of the molecule is COCC(=O)N1CCCC(Oc2ccc(N(C)C)nn2)C1. The Labute approximate surface area is 124 Å². The molecule has 21 heavy (non-hydrogen) atoms. The van der Waals surface area contributed by atoms with Crippen LogP contribution < -0.4 is 9.64 Å². The van der Waals surface area contributed by atoms with Gasteiger partial charge in [0.05, 0.1) is 6.54 Å². The van der Waals surface area contributed by atoms with Gasteiger partial charge in [0.2, 0.25) is 11.8 Å². The lowest BCUT2D eigenvalue weighted by Crippen LogP contribution is -2.45. The van der Waals surface area contributed by atoms with E-state index in [-0.39, 0.29) is 18.6 Å². The normalized spacial score (nSPS) is 18.4. The summed E-state index contributed by atoms with van der Waals surface area (Å²) in [5.74, 6) is 1.27. The molecule has 1 aliphatic heterocycles. The fourth-order valence-corrected chi connectivity index (χ4v) is 2.26. The van der Waals surface area contributed by atoms with Crippen LogP contribution in [0.4, 0.5) is 5.82 Å². The fraction of sp³-hybridized carbons (Fsp3) is 0.643. The number of aromatic nitrogens is 2. The first-order chi connectivity index (χ1) is 10.1. The Morgan fingerprint density at radius 1 is 1.43 bits per heavy atom. The van der Waals surface area contributed by atoms with Crippen LogP contribution in [0.25, 0.3) is 0 Å². The maximum Gasteiger partial charge on any atom is 0.248 e. The average Bonchev–Trinajstić information content (AvgIpc) is 2.48. The number of hydrogen-bond donors (Lipinski definition) is 0. The van der Waals surface area contributed by atoms with E-state index in [0.29, 0.717) is 12.4 Å². The molecule has 0 aromatic carbocycles. The summed E-state index contributed by atoms with van der Waals surface area (Å²) >= 11 is 0. The van der Waals surface area contributed by atoms with Gasteiger partial charge in [0.15, 0.2) is 5.82 Å². The molecule has 7 heteroatoms. The van der Waals surface area contributed by atoms with E-state index < -0.39 is 0 Å². The summed E-state index contributed by atoms with van der Waals surface area (Å²) in [7, 11) is 5.34. The van der Waals surface area contributed by atoms with Gasteiger partial charge in [0.25, 0.3) is 0 Å². The summed E-state index contributed by atoms with van der Waals surface area (Å²) < 4.78 is 10.7. The molecule has 0 spiro atoms. The number of hydrogen-bond acceptors (Lipinski definition) is 6. The van der Waals surface area contributed by atoms with Crippen LogP contribution in [0.1, 0.15) is 12.8 Å². The van der Waals surface area contributed by atoms with Crippen LogP contribution in [0.3, 0.4) is 0 Å². The Balaban J connectivity index is 1.91. The third kappa shape index (κ3) is 4.29.